The predicted octanol–water partition coefficient (Wildman–Crippen LogP) is 7.67. The summed E-state index contributed by atoms with van der Waals surface area (Å²) in [7, 11) is 1.61. The lowest BCUT2D eigenvalue weighted by Gasteiger charge is -2.27. The van der Waals surface area contributed by atoms with Crippen LogP contribution in [0.4, 0.5) is 4.79 Å². The van der Waals surface area contributed by atoms with Crippen LogP contribution in [0.15, 0.2) is 55.0 Å². The van der Waals surface area contributed by atoms with Crippen LogP contribution in [-0.4, -0.2) is 51.8 Å². The SMILES string of the molecule is COCCN(Cc1ccc(-c2cc3nccc(-c4cc5nccc(Cl)c5s4)c3s2)nc1)C(=O)OC(C)(C)C. The third-order valence-electron chi connectivity index (χ3n) is 5.71. The molecule has 0 saturated carbocycles. The van der Waals surface area contributed by atoms with Gasteiger partial charge in [-0.3, -0.25) is 15.0 Å². The molecule has 5 rings (SSSR count). The van der Waals surface area contributed by atoms with E-state index < -0.39 is 5.60 Å². The van der Waals surface area contributed by atoms with Crippen LogP contribution in [0, 0.1) is 0 Å². The summed E-state index contributed by atoms with van der Waals surface area (Å²) in [5.41, 5.74) is 4.10. The van der Waals surface area contributed by atoms with Gasteiger partial charge < -0.3 is 14.4 Å². The van der Waals surface area contributed by atoms with Crippen molar-refractivity contribution in [2.45, 2.75) is 32.9 Å². The first-order chi connectivity index (χ1) is 18.2. The van der Waals surface area contributed by atoms with Crippen LogP contribution in [0.2, 0.25) is 5.02 Å². The molecule has 38 heavy (non-hydrogen) atoms. The maximum Gasteiger partial charge on any atom is 0.410 e. The Morgan fingerprint density at radius 3 is 2.37 bits per heavy atom. The predicted molar refractivity (Wildman–Crippen MR) is 155 cm³/mol. The standard InChI is InChI=1S/C28H27ClN4O3S2/c1-28(2,3)36-27(34)33(11-12-35-4)16-17-5-6-20(32-15-17)24-14-21-25(38-24)18(7-9-30-21)23-13-22-26(37-23)19(29)8-10-31-22/h5-10,13-15H,11-12,16H2,1-4H3. The largest absolute Gasteiger partial charge is 0.444 e. The lowest BCUT2D eigenvalue weighted by atomic mass is 10.2. The zero-order chi connectivity index (χ0) is 26.9. The van der Waals surface area contributed by atoms with Crippen LogP contribution in [0.3, 0.4) is 0 Å². The van der Waals surface area contributed by atoms with Crippen molar-refractivity contribution >= 4 is 60.8 Å². The number of rotatable bonds is 7. The number of ether oxygens (including phenoxy) is 2. The molecule has 10 heteroatoms. The van der Waals surface area contributed by atoms with Crippen molar-refractivity contribution in [2.24, 2.45) is 0 Å². The molecule has 5 heterocycles. The second-order valence-corrected chi connectivity index (χ2v) is 12.3. The van der Waals surface area contributed by atoms with Gasteiger partial charge in [-0.2, -0.15) is 0 Å². The normalized spacial score (nSPS) is 11.8. The number of amides is 1. The van der Waals surface area contributed by atoms with Crippen molar-refractivity contribution in [1.29, 1.82) is 0 Å². The molecule has 0 saturated heterocycles. The zero-order valence-corrected chi connectivity index (χ0v) is 23.9. The van der Waals surface area contributed by atoms with Crippen molar-refractivity contribution in [3.8, 4) is 21.0 Å². The molecule has 7 nitrogen and oxygen atoms in total. The monoisotopic (exact) mass is 566 g/mol. The first-order valence-corrected chi connectivity index (χ1v) is 14.1. The number of methoxy groups -OCH3 is 1. The highest BCUT2D eigenvalue weighted by Gasteiger charge is 2.22. The van der Waals surface area contributed by atoms with E-state index in [1.807, 2.05) is 51.2 Å². The molecule has 0 spiro atoms. The van der Waals surface area contributed by atoms with Gasteiger partial charge in [0, 0.05) is 42.7 Å². The number of carbonyl (C=O) groups excluding carboxylic acids is 1. The van der Waals surface area contributed by atoms with Crippen LogP contribution >= 0.6 is 34.3 Å². The Balaban J connectivity index is 1.40. The third kappa shape index (κ3) is 5.81. The molecule has 5 aromatic heterocycles. The Morgan fingerprint density at radius 1 is 0.974 bits per heavy atom. The van der Waals surface area contributed by atoms with Gasteiger partial charge in [0.2, 0.25) is 0 Å². The summed E-state index contributed by atoms with van der Waals surface area (Å²) in [6.45, 7) is 6.79. The first-order valence-electron chi connectivity index (χ1n) is 12.1. The molecule has 0 unspecified atom stereocenters. The van der Waals surface area contributed by atoms with E-state index >= 15 is 0 Å². The highest BCUT2D eigenvalue weighted by molar-refractivity contribution is 7.25. The number of hydrogen-bond acceptors (Lipinski definition) is 8. The van der Waals surface area contributed by atoms with Crippen LogP contribution in [0.1, 0.15) is 26.3 Å². The molecule has 0 aliphatic rings. The second kappa shape index (κ2) is 10.9. The smallest absolute Gasteiger partial charge is 0.410 e. The summed E-state index contributed by atoms with van der Waals surface area (Å²) in [4.78, 5) is 30.2. The minimum Gasteiger partial charge on any atom is -0.444 e. The van der Waals surface area contributed by atoms with Gasteiger partial charge in [0.15, 0.2) is 0 Å². The topological polar surface area (TPSA) is 77.4 Å². The molecule has 0 aliphatic heterocycles. The number of pyridine rings is 3. The van der Waals surface area contributed by atoms with Crippen LogP contribution in [0.5, 0.6) is 0 Å². The lowest BCUT2D eigenvalue weighted by molar-refractivity contribution is 0.0184. The van der Waals surface area contributed by atoms with E-state index in [1.54, 1.807) is 47.1 Å². The summed E-state index contributed by atoms with van der Waals surface area (Å²) >= 11 is 9.68. The average molecular weight is 567 g/mol. The Morgan fingerprint density at radius 2 is 1.68 bits per heavy atom. The van der Waals surface area contributed by atoms with E-state index in [9.17, 15) is 4.79 Å². The highest BCUT2D eigenvalue weighted by atomic mass is 35.5. The van der Waals surface area contributed by atoms with Gasteiger partial charge in [-0.25, -0.2) is 4.79 Å². The minimum absolute atomic E-state index is 0.375. The number of hydrogen-bond donors (Lipinski definition) is 0. The van der Waals surface area contributed by atoms with E-state index in [0.29, 0.717) is 24.7 Å². The van der Waals surface area contributed by atoms with Crippen molar-refractivity contribution in [3.05, 3.63) is 65.6 Å². The fourth-order valence-corrected chi connectivity index (χ4v) is 6.45. The fraction of sp³-hybridized carbons (Fsp3) is 0.286. The molecule has 1 amide bonds. The first kappa shape index (κ1) is 26.5. The Hall–Kier alpha value is -3.11. The number of fused-ring (bicyclic) bond motifs is 2. The third-order valence-corrected chi connectivity index (χ3v) is 8.51. The van der Waals surface area contributed by atoms with Gasteiger partial charge >= 0.3 is 6.09 Å². The van der Waals surface area contributed by atoms with E-state index in [4.69, 9.17) is 26.1 Å². The molecule has 0 aromatic carbocycles. The molecule has 5 aromatic rings. The van der Waals surface area contributed by atoms with Crippen LogP contribution in [-0.2, 0) is 16.0 Å². The van der Waals surface area contributed by atoms with E-state index in [1.165, 1.54) is 0 Å². The summed E-state index contributed by atoms with van der Waals surface area (Å²) < 4.78 is 12.8. The minimum atomic E-state index is -0.572. The number of carbonyl (C=O) groups is 1. The highest BCUT2D eigenvalue weighted by Crippen LogP contribution is 2.42. The molecular weight excluding hydrogens is 540 g/mol. The van der Waals surface area contributed by atoms with Gasteiger partial charge in [-0.05, 0) is 56.7 Å². The quantitative estimate of drug-likeness (QED) is 0.201. The number of halogens is 1. The van der Waals surface area contributed by atoms with Gasteiger partial charge in [0.1, 0.15) is 5.60 Å². The molecule has 0 radical (unpaired) electrons. The molecule has 0 N–H and O–H groups in total. The summed E-state index contributed by atoms with van der Waals surface area (Å²) in [5.74, 6) is 0. The van der Waals surface area contributed by atoms with E-state index in [2.05, 4.69) is 22.1 Å². The molecule has 0 atom stereocenters. The van der Waals surface area contributed by atoms with E-state index in [0.717, 1.165) is 47.0 Å². The Kier molecular flexibility index (Phi) is 7.63. The number of thiophene rings is 2. The fourth-order valence-electron chi connectivity index (χ4n) is 3.95. The van der Waals surface area contributed by atoms with Crippen LogP contribution in [0.25, 0.3) is 41.4 Å². The van der Waals surface area contributed by atoms with Gasteiger partial charge in [0.25, 0.3) is 0 Å². The lowest BCUT2D eigenvalue weighted by Crippen LogP contribution is -2.38. The molecule has 0 fully saturated rings. The van der Waals surface area contributed by atoms with E-state index in [-0.39, 0.29) is 6.09 Å². The Labute approximate surface area is 234 Å². The molecule has 0 bridgehead atoms. The van der Waals surface area contributed by atoms with Crippen molar-refractivity contribution in [3.63, 3.8) is 0 Å². The van der Waals surface area contributed by atoms with Crippen molar-refractivity contribution < 1.29 is 14.3 Å². The molecule has 196 valence electrons. The van der Waals surface area contributed by atoms with Crippen molar-refractivity contribution in [2.75, 3.05) is 20.3 Å². The summed E-state index contributed by atoms with van der Waals surface area (Å²) in [6, 6.07) is 12.0. The molecular formula is C28H27ClN4O3S2. The maximum atomic E-state index is 12.7. The second-order valence-electron chi connectivity index (χ2n) is 9.75. The summed E-state index contributed by atoms with van der Waals surface area (Å²) in [5, 5.41) is 0.708. The molecule has 0 aliphatic carbocycles. The van der Waals surface area contributed by atoms with Gasteiger partial charge in [0.05, 0.1) is 49.2 Å². The van der Waals surface area contributed by atoms with Crippen LogP contribution < -0.4 is 0 Å². The number of nitrogens with zero attached hydrogens (tertiary/aromatic N) is 4. The number of aromatic nitrogens is 3. The van der Waals surface area contributed by atoms with Crippen molar-refractivity contribution in [1.82, 2.24) is 19.9 Å². The van der Waals surface area contributed by atoms with Gasteiger partial charge in [-0.15, -0.1) is 22.7 Å². The average Bonchev–Trinajstić information content (AvgIpc) is 3.51. The summed E-state index contributed by atoms with van der Waals surface area (Å²) in [6.07, 6.45) is 4.99. The maximum absolute atomic E-state index is 12.7. The zero-order valence-electron chi connectivity index (χ0n) is 21.5. The van der Waals surface area contributed by atoms with Gasteiger partial charge in [-0.1, -0.05) is 17.7 Å². The Bertz CT molecular complexity index is 1590.